The predicted octanol–water partition coefficient (Wildman–Crippen LogP) is 3.55. The monoisotopic (exact) mass is 334 g/mol. The van der Waals surface area contributed by atoms with Gasteiger partial charge in [-0.05, 0) is 29.3 Å². The first-order chi connectivity index (χ1) is 9.63. The SMILES string of the molecule is COc1ccc(Br)cc1N(C)Cc1ccc(CN)cc1. The van der Waals surface area contributed by atoms with Crippen LogP contribution in [0.2, 0.25) is 0 Å². The molecule has 0 heterocycles. The van der Waals surface area contributed by atoms with Crippen LogP contribution < -0.4 is 15.4 Å². The van der Waals surface area contributed by atoms with Gasteiger partial charge in [0.05, 0.1) is 12.8 Å². The third-order valence-corrected chi connectivity index (χ3v) is 3.72. The number of nitrogens with two attached hydrogens (primary N) is 1. The largest absolute Gasteiger partial charge is 0.495 e. The van der Waals surface area contributed by atoms with Crippen LogP contribution in [0.1, 0.15) is 11.1 Å². The van der Waals surface area contributed by atoms with Crippen LogP contribution in [0, 0.1) is 0 Å². The van der Waals surface area contributed by atoms with Crippen molar-refractivity contribution in [1.29, 1.82) is 0 Å². The Morgan fingerprint density at radius 2 is 1.75 bits per heavy atom. The van der Waals surface area contributed by atoms with E-state index in [1.54, 1.807) is 7.11 Å². The van der Waals surface area contributed by atoms with Crippen LogP contribution in [-0.4, -0.2) is 14.2 Å². The highest BCUT2D eigenvalue weighted by Gasteiger charge is 2.09. The van der Waals surface area contributed by atoms with Crippen LogP contribution >= 0.6 is 15.9 Å². The highest BCUT2D eigenvalue weighted by Crippen LogP contribution is 2.31. The van der Waals surface area contributed by atoms with Crippen LogP contribution in [0.15, 0.2) is 46.9 Å². The molecule has 0 radical (unpaired) electrons. The van der Waals surface area contributed by atoms with Gasteiger partial charge in [0.2, 0.25) is 0 Å². The molecule has 0 amide bonds. The van der Waals surface area contributed by atoms with Crippen molar-refractivity contribution in [3.8, 4) is 5.75 Å². The van der Waals surface area contributed by atoms with E-state index in [1.807, 2.05) is 12.1 Å². The number of rotatable bonds is 5. The number of benzene rings is 2. The topological polar surface area (TPSA) is 38.5 Å². The van der Waals surface area contributed by atoms with Crippen molar-refractivity contribution in [2.45, 2.75) is 13.1 Å². The van der Waals surface area contributed by atoms with Crippen molar-refractivity contribution in [3.63, 3.8) is 0 Å². The van der Waals surface area contributed by atoms with Crippen molar-refractivity contribution in [2.24, 2.45) is 5.73 Å². The standard InChI is InChI=1S/C16H19BrN2O/c1-19(11-13-5-3-12(10-18)4-6-13)15-9-14(17)7-8-16(15)20-2/h3-9H,10-11,18H2,1-2H3. The Hall–Kier alpha value is -1.52. The molecule has 2 N–H and O–H groups in total. The predicted molar refractivity (Wildman–Crippen MR) is 87.1 cm³/mol. The Bertz CT molecular complexity index is 569. The van der Waals surface area contributed by atoms with Crippen molar-refractivity contribution in [2.75, 3.05) is 19.1 Å². The molecule has 0 aliphatic carbocycles. The van der Waals surface area contributed by atoms with E-state index < -0.39 is 0 Å². The van der Waals surface area contributed by atoms with Gasteiger partial charge in [0, 0.05) is 24.6 Å². The summed E-state index contributed by atoms with van der Waals surface area (Å²) in [5.74, 6) is 0.870. The van der Waals surface area contributed by atoms with E-state index in [0.717, 1.165) is 28.0 Å². The molecule has 0 fully saturated rings. The lowest BCUT2D eigenvalue weighted by molar-refractivity contribution is 0.414. The van der Waals surface area contributed by atoms with Gasteiger partial charge in [-0.1, -0.05) is 40.2 Å². The number of methoxy groups -OCH3 is 1. The molecule has 2 rings (SSSR count). The summed E-state index contributed by atoms with van der Waals surface area (Å²) in [4.78, 5) is 2.17. The zero-order chi connectivity index (χ0) is 14.5. The van der Waals surface area contributed by atoms with Gasteiger partial charge in [0.25, 0.3) is 0 Å². The number of ether oxygens (including phenoxy) is 1. The number of nitrogens with zero attached hydrogens (tertiary/aromatic N) is 1. The van der Waals surface area contributed by atoms with Gasteiger partial charge < -0.3 is 15.4 Å². The molecule has 106 valence electrons. The summed E-state index contributed by atoms with van der Waals surface area (Å²) >= 11 is 3.50. The molecule has 0 saturated carbocycles. The second kappa shape index (κ2) is 6.77. The highest BCUT2D eigenvalue weighted by molar-refractivity contribution is 9.10. The molecule has 0 aliphatic rings. The van der Waals surface area contributed by atoms with Crippen LogP contribution in [0.25, 0.3) is 0 Å². The molecule has 0 bridgehead atoms. The van der Waals surface area contributed by atoms with Gasteiger partial charge in [0.15, 0.2) is 0 Å². The van der Waals surface area contributed by atoms with E-state index in [2.05, 4.69) is 58.2 Å². The van der Waals surface area contributed by atoms with Crippen LogP contribution in [0.5, 0.6) is 5.75 Å². The molecule has 2 aromatic rings. The van der Waals surface area contributed by atoms with Crippen LogP contribution in [0.4, 0.5) is 5.69 Å². The maximum Gasteiger partial charge on any atom is 0.142 e. The lowest BCUT2D eigenvalue weighted by atomic mass is 10.1. The minimum atomic E-state index is 0.579. The first-order valence-electron chi connectivity index (χ1n) is 6.46. The highest BCUT2D eigenvalue weighted by atomic mass is 79.9. The fourth-order valence-electron chi connectivity index (χ4n) is 2.10. The van der Waals surface area contributed by atoms with E-state index in [9.17, 15) is 0 Å². The molecular formula is C16H19BrN2O. The molecule has 0 atom stereocenters. The van der Waals surface area contributed by atoms with Gasteiger partial charge in [-0.15, -0.1) is 0 Å². The summed E-state index contributed by atoms with van der Waals surface area (Å²) in [6.07, 6.45) is 0. The summed E-state index contributed by atoms with van der Waals surface area (Å²) in [6, 6.07) is 14.4. The molecule has 0 aliphatic heterocycles. The Morgan fingerprint density at radius 1 is 1.10 bits per heavy atom. The van der Waals surface area contributed by atoms with Crippen molar-refractivity contribution < 1.29 is 4.74 Å². The van der Waals surface area contributed by atoms with E-state index in [4.69, 9.17) is 10.5 Å². The van der Waals surface area contributed by atoms with Crippen molar-refractivity contribution in [3.05, 3.63) is 58.1 Å². The van der Waals surface area contributed by atoms with Gasteiger partial charge in [0.1, 0.15) is 5.75 Å². The molecule has 0 saturated heterocycles. The molecule has 2 aromatic carbocycles. The van der Waals surface area contributed by atoms with E-state index in [-0.39, 0.29) is 0 Å². The quantitative estimate of drug-likeness (QED) is 0.908. The van der Waals surface area contributed by atoms with Crippen molar-refractivity contribution >= 4 is 21.6 Å². The molecule has 3 nitrogen and oxygen atoms in total. The fraction of sp³-hybridized carbons (Fsp3) is 0.250. The maximum atomic E-state index is 5.61. The number of anilines is 1. The smallest absolute Gasteiger partial charge is 0.142 e. The first-order valence-corrected chi connectivity index (χ1v) is 7.26. The zero-order valence-electron chi connectivity index (χ0n) is 11.8. The molecule has 0 unspecified atom stereocenters. The minimum absolute atomic E-state index is 0.579. The lowest BCUT2D eigenvalue weighted by Gasteiger charge is -2.22. The van der Waals surface area contributed by atoms with Crippen molar-refractivity contribution in [1.82, 2.24) is 0 Å². The Balaban J connectivity index is 2.18. The third-order valence-electron chi connectivity index (χ3n) is 3.23. The summed E-state index contributed by atoms with van der Waals surface area (Å²) in [5, 5.41) is 0. The van der Waals surface area contributed by atoms with E-state index in [1.165, 1.54) is 5.56 Å². The Kier molecular flexibility index (Phi) is 5.04. The van der Waals surface area contributed by atoms with Crippen LogP contribution in [0.3, 0.4) is 0 Å². The van der Waals surface area contributed by atoms with E-state index in [0.29, 0.717) is 6.54 Å². The lowest BCUT2D eigenvalue weighted by Crippen LogP contribution is -2.17. The zero-order valence-corrected chi connectivity index (χ0v) is 13.4. The molecule has 20 heavy (non-hydrogen) atoms. The maximum absolute atomic E-state index is 5.61. The average Bonchev–Trinajstić information content (AvgIpc) is 2.48. The molecule has 4 heteroatoms. The number of hydrogen-bond donors (Lipinski definition) is 1. The summed E-state index contributed by atoms with van der Waals surface area (Å²) in [7, 11) is 3.75. The summed E-state index contributed by atoms with van der Waals surface area (Å²) in [5.41, 5.74) is 9.07. The third kappa shape index (κ3) is 3.52. The summed E-state index contributed by atoms with van der Waals surface area (Å²) < 4.78 is 6.46. The van der Waals surface area contributed by atoms with Crippen LogP contribution in [-0.2, 0) is 13.1 Å². The summed E-state index contributed by atoms with van der Waals surface area (Å²) in [6.45, 7) is 1.40. The second-order valence-corrected chi connectivity index (χ2v) is 5.61. The van der Waals surface area contributed by atoms with Gasteiger partial charge >= 0.3 is 0 Å². The molecular weight excluding hydrogens is 316 g/mol. The fourth-order valence-corrected chi connectivity index (χ4v) is 2.45. The Morgan fingerprint density at radius 3 is 2.35 bits per heavy atom. The van der Waals surface area contributed by atoms with Gasteiger partial charge in [-0.2, -0.15) is 0 Å². The molecule has 0 aromatic heterocycles. The van der Waals surface area contributed by atoms with E-state index >= 15 is 0 Å². The Labute approximate surface area is 128 Å². The van der Waals surface area contributed by atoms with Gasteiger partial charge in [-0.3, -0.25) is 0 Å². The normalized spacial score (nSPS) is 10.4. The first kappa shape index (κ1) is 14.9. The minimum Gasteiger partial charge on any atom is -0.495 e. The average molecular weight is 335 g/mol. The van der Waals surface area contributed by atoms with Gasteiger partial charge in [-0.25, -0.2) is 0 Å². The molecule has 0 spiro atoms. The second-order valence-electron chi connectivity index (χ2n) is 4.69. The number of halogens is 1. The number of hydrogen-bond acceptors (Lipinski definition) is 3.